The summed E-state index contributed by atoms with van der Waals surface area (Å²) in [6, 6.07) is 3.80. The summed E-state index contributed by atoms with van der Waals surface area (Å²) in [5.74, 6) is 0.260. The number of nitrogens with zero attached hydrogens (tertiary/aromatic N) is 7. The molecule has 2 aromatic heterocycles. The number of benzene rings is 1. The number of aromatic amines is 1. The fraction of sp³-hybridized carbons (Fsp3) is 0.500. The van der Waals surface area contributed by atoms with Crippen LogP contribution in [0.2, 0.25) is 0 Å². The van der Waals surface area contributed by atoms with E-state index in [0.717, 1.165) is 56.5 Å². The van der Waals surface area contributed by atoms with Gasteiger partial charge in [0.15, 0.2) is 5.82 Å². The van der Waals surface area contributed by atoms with Crippen LogP contribution in [0.3, 0.4) is 0 Å². The molecule has 0 saturated carbocycles. The Balaban J connectivity index is 1.28. The van der Waals surface area contributed by atoms with Gasteiger partial charge in [0.25, 0.3) is 0 Å². The van der Waals surface area contributed by atoms with E-state index >= 15 is 0 Å². The molecule has 0 spiro atoms. The van der Waals surface area contributed by atoms with Gasteiger partial charge in [0.05, 0.1) is 17.8 Å². The van der Waals surface area contributed by atoms with Crippen LogP contribution in [0.5, 0.6) is 0 Å². The Morgan fingerprint density at radius 3 is 2.70 bits per heavy atom. The van der Waals surface area contributed by atoms with E-state index in [-0.39, 0.29) is 12.5 Å². The molecule has 1 aliphatic heterocycles. The SMILES string of the molecule is Cc1nnn(Cc2cc(C(F)(F)F)ccc2/C=C/C(=O)N2CCC(NCCCCc3c[nH]nn3)CC2)n1. The molecule has 0 atom stereocenters. The van der Waals surface area contributed by atoms with Gasteiger partial charge >= 0.3 is 6.18 Å². The van der Waals surface area contributed by atoms with E-state index in [4.69, 9.17) is 0 Å². The van der Waals surface area contributed by atoms with E-state index in [1.165, 1.54) is 16.9 Å². The predicted molar refractivity (Wildman–Crippen MR) is 129 cm³/mol. The molecule has 13 heteroatoms. The second kappa shape index (κ2) is 12.1. The Kier molecular flexibility index (Phi) is 8.64. The van der Waals surface area contributed by atoms with E-state index in [1.807, 2.05) is 6.20 Å². The molecule has 2 N–H and O–H groups in total. The van der Waals surface area contributed by atoms with Gasteiger partial charge in [-0.25, -0.2) is 0 Å². The fourth-order valence-electron chi connectivity index (χ4n) is 4.28. The maximum Gasteiger partial charge on any atom is 0.416 e. The molecule has 3 heterocycles. The highest BCUT2D eigenvalue weighted by Gasteiger charge is 2.31. The van der Waals surface area contributed by atoms with Crippen molar-refractivity contribution in [3.63, 3.8) is 0 Å². The Morgan fingerprint density at radius 2 is 2.03 bits per heavy atom. The highest BCUT2D eigenvalue weighted by atomic mass is 19.4. The summed E-state index contributed by atoms with van der Waals surface area (Å²) < 4.78 is 39.8. The molecule has 0 bridgehead atoms. The molecule has 10 nitrogen and oxygen atoms in total. The highest BCUT2D eigenvalue weighted by Crippen LogP contribution is 2.31. The van der Waals surface area contributed by atoms with Gasteiger partial charge in [0.1, 0.15) is 0 Å². The summed E-state index contributed by atoms with van der Waals surface area (Å²) in [5.41, 5.74) is 1.05. The Labute approximate surface area is 212 Å². The van der Waals surface area contributed by atoms with E-state index in [1.54, 1.807) is 17.9 Å². The number of hydrogen-bond donors (Lipinski definition) is 2. The zero-order valence-electron chi connectivity index (χ0n) is 20.6. The lowest BCUT2D eigenvalue weighted by molar-refractivity contribution is -0.137. The Morgan fingerprint density at radius 1 is 1.22 bits per heavy atom. The van der Waals surface area contributed by atoms with Crippen molar-refractivity contribution in [2.75, 3.05) is 19.6 Å². The minimum Gasteiger partial charge on any atom is -0.339 e. The molecule has 198 valence electrons. The van der Waals surface area contributed by atoms with Gasteiger partial charge in [-0.1, -0.05) is 11.3 Å². The van der Waals surface area contributed by atoms with Crippen molar-refractivity contribution in [2.45, 2.75) is 57.8 Å². The molecule has 3 aromatic rings. The van der Waals surface area contributed by atoms with Crippen molar-refractivity contribution in [1.82, 2.24) is 45.8 Å². The molecule has 1 fully saturated rings. The lowest BCUT2D eigenvalue weighted by Gasteiger charge is -2.32. The van der Waals surface area contributed by atoms with Crippen LogP contribution < -0.4 is 5.32 Å². The van der Waals surface area contributed by atoms with E-state index in [9.17, 15) is 18.0 Å². The third-order valence-electron chi connectivity index (χ3n) is 6.31. The van der Waals surface area contributed by atoms with Gasteiger partial charge in [-0.15, -0.1) is 15.3 Å². The third-order valence-corrected chi connectivity index (χ3v) is 6.31. The monoisotopic (exact) mass is 517 g/mol. The van der Waals surface area contributed by atoms with E-state index in [0.29, 0.717) is 36.1 Å². The van der Waals surface area contributed by atoms with Gasteiger partial charge in [0.2, 0.25) is 5.91 Å². The molecule has 1 saturated heterocycles. The lowest BCUT2D eigenvalue weighted by atomic mass is 10.0. The average molecular weight is 518 g/mol. The van der Waals surface area contributed by atoms with E-state index in [2.05, 4.69) is 36.1 Å². The number of piperidine rings is 1. The summed E-state index contributed by atoms with van der Waals surface area (Å²) in [7, 11) is 0. The lowest BCUT2D eigenvalue weighted by Crippen LogP contribution is -2.44. The summed E-state index contributed by atoms with van der Waals surface area (Å²) in [5, 5.41) is 25.6. The number of alkyl halides is 3. The smallest absolute Gasteiger partial charge is 0.339 e. The van der Waals surface area contributed by atoms with Crippen LogP contribution >= 0.6 is 0 Å². The van der Waals surface area contributed by atoms with Crippen molar-refractivity contribution in [1.29, 1.82) is 0 Å². The van der Waals surface area contributed by atoms with Crippen molar-refractivity contribution < 1.29 is 18.0 Å². The number of likely N-dealkylation sites (tertiary alicyclic amines) is 1. The second-order valence-electron chi connectivity index (χ2n) is 9.09. The normalized spacial score (nSPS) is 15.1. The number of aromatic nitrogens is 7. The van der Waals surface area contributed by atoms with Crippen LogP contribution in [0, 0.1) is 6.92 Å². The number of carbonyl (C=O) groups excluding carboxylic acids is 1. The first kappa shape index (κ1) is 26.5. The number of aryl methyl sites for hydroxylation is 2. The standard InChI is InChI=1S/C24H30F3N9O/c1-17-30-34-36(32-17)16-19-14-20(24(25,26)27)7-5-18(19)6-8-23(37)35-12-9-21(10-13-35)28-11-3-2-4-22-15-29-33-31-22/h5-8,14-15,21,28H,2-4,9-13,16H2,1H3,(H,29,31,33)/b8-6+. The van der Waals surface area contributed by atoms with Crippen molar-refractivity contribution >= 4 is 12.0 Å². The molecule has 37 heavy (non-hydrogen) atoms. The Hall–Kier alpha value is -3.61. The highest BCUT2D eigenvalue weighted by molar-refractivity contribution is 5.92. The van der Waals surface area contributed by atoms with Gasteiger partial charge in [-0.05, 0) is 80.1 Å². The number of nitrogens with one attached hydrogen (secondary N) is 2. The van der Waals surface area contributed by atoms with Crippen LogP contribution in [0.4, 0.5) is 13.2 Å². The Bertz CT molecular complexity index is 1180. The number of hydrogen-bond acceptors (Lipinski definition) is 7. The quantitative estimate of drug-likeness (QED) is 0.314. The molecule has 0 radical (unpaired) electrons. The van der Waals surface area contributed by atoms with Crippen LogP contribution in [0.25, 0.3) is 6.08 Å². The predicted octanol–water partition coefficient (Wildman–Crippen LogP) is 2.78. The number of halogens is 3. The molecular weight excluding hydrogens is 487 g/mol. The largest absolute Gasteiger partial charge is 0.416 e. The number of carbonyl (C=O) groups is 1. The molecule has 1 aromatic carbocycles. The first-order valence-corrected chi connectivity index (χ1v) is 12.3. The number of rotatable bonds is 10. The molecule has 0 aliphatic carbocycles. The first-order chi connectivity index (χ1) is 17.8. The van der Waals surface area contributed by atoms with Crippen molar-refractivity contribution in [2.24, 2.45) is 0 Å². The first-order valence-electron chi connectivity index (χ1n) is 12.3. The second-order valence-corrected chi connectivity index (χ2v) is 9.09. The number of H-pyrrole nitrogens is 1. The van der Waals surface area contributed by atoms with Gasteiger partial charge in [-0.3, -0.25) is 9.89 Å². The van der Waals surface area contributed by atoms with Gasteiger partial charge in [-0.2, -0.15) is 18.0 Å². The molecule has 0 unspecified atom stereocenters. The topological polar surface area (TPSA) is 118 Å². The fourth-order valence-corrected chi connectivity index (χ4v) is 4.28. The van der Waals surface area contributed by atoms with Gasteiger partial charge < -0.3 is 10.2 Å². The third kappa shape index (κ3) is 7.68. The van der Waals surface area contributed by atoms with Crippen molar-refractivity contribution in [3.8, 4) is 0 Å². The maximum atomic E-state index is 13.3. The van der Waals surface area contributed by atoms with Crippen molar-refractivity contribution in [3.05, 3.63) is 58.7 Å². The summed E-state index contributed by atoms with van der Waals surface area (Å²) in [6.07, 6.45) is 4.97. The summed E-state index contributed by atoms with van der Waals surface area (Å²) >= 11 is 0. The van der Waals surface area contributed by atoms with Crippen LogP contribution in [0.15, 0.2) is 30.5 Å². The van der Waals surface area contributed by atoms with E-state index < -0.39 is 11.7 Å². The zero-order chi connectivity index (χ0) is 26.3. The molecular formula is C24H30F3N9O. The number of unbranched alkanes of at least 4 members (excludes halogenated alkanes) is 1. The van der Waals surface area contributed by atoms with Crippen LogP contribution in [-0.4, -0.2) is 72.1 Å². The zero-order valence-corrected chi connectivity index (χ0v) is 20.6. The number of tetrazole rings is 1. The molecule has 4 rings (SSSR count). The van der Waals surface area contributed by atoms with Crippen LogP contribution in [0.1, 0.15) is 53.9 Å². The molecule has 1 aliphatic rings. The minimum absolute atomic E-state index is 0.00821. The van der Waals surface area contributed by atoms with Gasteiger partial charge in [0, 0.05) is 31.4 Å². The summed E-state index contributed by atoms with van der Waals surface area (Å²) in [4.78, 5) is 15.8. The summed E-state index contributed by atoms with van der Waals surface area (Å²) in [6.45, 7) is 3.82. The minimum atomic E-state index is -4.48. The maximum absolute atomic E-state index is 13.3. The number of amides is 1. The molecule has 1 amide bonds. The van der Waals surface area contributed by atoms with Crippen LogP contribution in [-0.2, 0) is 23.9 Å². The average Bonchev–Trinajstić information content (AvgIpc) is 3.54.